The van der Waals surface area contributed by atoms with Crippen molar-refractivity contribution in [3.63, 3.8) is 0 Å². The Bertz CT molecular complexity index is 799. The summed E-state index contributed by atoms with van der Waals surface area (Å²) in [7, 11) is 0. The van der Waals surface area contributed by atoms with Crippen LogP contribution in [0, 0.1) is 11.6 Å². The molecule has 8 heteroatoms. The van der Waals surface area contributed by atoms with E-state index in [1.54, 1.807) is 24.3 Å². The first-order valence-corrected chi connectivity index (χ1v) is 11.0. The van der Waals surface area contributed by atoms with Crippen LogP contribution < -0.4 is 0 Å². The molecule has 2 fully saturated rings. The molecule has 2 N–H and O–H groups in total. The second-order valence-corrected chi connectivity index (χ2v) is 8.45. The van der Waals surface area contributed by atoms with Crippen LogP contribution in [0.1, 0.15) is 11.1 Å². The van der Waals surface area contributed by atoms with Crippen molar-refractivity contribution in [2.24, 2.45) is 0 Å². The number of nitrogens with zero attached hydrogens (tertiary/aromatic N) is 2. The van der Waals surface area contributed by atoms with Gasteiger partial charge in [0.1, 0.15) is 23.8 Å². The van der Waals surface area contributed by atoms with Gasteiger partial charge in [-0.05, 0) is 35.4 Å². The Kier molecular flexibility index (Phi) is 7.83. The van der Waals surface area contributed by atoms with E-state index in [0.29, 0.717) is 45.9 Å². The highest BCUT2D eigenvalue weighted by Crippen LogP contribution is 2.28. The molecular weight excluding hydrogens is 418 g/mol. The third-order valence-corrected chi connectivity index (χ3v) is 6.19. The van der Waals surface area contributed by atoms with Gasteiger partial charge >= 0.3 is 0 Å². The van der Waals surface area contributed by atoms with Crippen molar-refractivity contribution in [3.05, 3.63) is 71.3 Å². The third-order valence-electron chi connectivity index (χ3n) is 6.19. The maximum absolute atomic E-state index is 13.4. The van der Waals surface area contributed by atoms with Crippen LogP contribution in [0.4, 0.5) is 8.78 Å². The molecule has 0 aliphatic carbocycles. The maximum atomic E-state index is 13.4. The molecule has 2 aliphatic rings. The molecule has 0 radical (unpaired) electrons. The monoisotopic (exact) mass is 448 g/mol. The van der Waals surface area contributed by atoms with E-state index in [1.165, 1.54) is 24.3 Å². The van der Waals surface area contributed by atoms with E-state index in [4.69, 9.17) is 9.47 Å². The average molecular weight is 449 g/mol. The van der Waals surface area contributed by atoms with Crippen LogP contribution in [-0.2, 0) is 22.6 Å². The standard InChI is InChI=1S/C24H30F2N2O4/c25-19-5-1-17(2-6-19)13-27(14-18-3-7-20(26)8-4-18)15-21-23(24(30)22(16-29)32-21)28-9-11-31-12-10-28/h1-8,21-24,29-30H,9-16H2/t21-,22+,23+,24-/m1/s1. The molecule has 2 heterocycles. The minimum absolute atomic E-state index is 0.256. The van der Waals surface area contributed by atoms with Crippen molar-refractivity contribution in [2.75, 3.05) is 39.5 Å². The van der Waals surface area contributed by atoms with E-state index in [0.717, 1.165) is 11.1 Å². The Hall–Kier alpha value is -1.94. The zero-order chi connectivity index (χ0) is 22.5. The first kappa shape index (κ1) is 23.2. The SMILES string of the molecule is OC[C@@H]1O[C@H](CN(Cc2ccc(F)cc2)Cc2ccc(F)cc2)[C@H](N2CCOCC2)[C@@H]1O. The lowest BCUT2D eigenvalue weighted by atomic mass is 10.0. The molecule has 0 amide bonds. The van der Waals surface area contributed by atoms with Gasteiger partial charge in [-0.1, -0.05) is 24.3 Å². The van der Waals surface area contributed by atoms with Crippen LogP contribution in [0.25, 0.3) is 0 Å². The summed E-state index contributed by atoms with van der Waals surface area (Å²) in [5.41, 5.74) is 1.88. The molecule has 0 unspecified atom stereocenters. The zero-order valence-electron chi connectivity index (χ0n) is 17.9. The van der Waals surface area contributed by atoms with Gasteiger partial charge in [0.05, 0.1) is 32.0 Å². The van der Waals surface area contributed by atoms with Crippen molar-refractivity contribution in [3.8, 4) is 0 Å². The Balaban J connectivity index is 1.54. The predicted molar refractivity (Wildman–Crippen MR) is 115 cm³/mol. The quantitative estimate of drug-likeness (QED) is 0.642. The second kappa shape index (κ2) is 10.8. The normalized spacial score (nSPS) is 26.7. The van der Waals surface area contributed by atoms with Crippen LogP contribution in [0.3, 0.4) is 0 Å². The summed E-state index contributed by atoms with van der Waals surface area (Å²) in [6.07, 6.45) is -1.78. The second-order valence-electron chi connectivity index (χ2n) is 8.45. The van der Waals surface area contributed by atoms with Gasteiger partial charge in [-0.3, -0.25) is 9.80 Å². The lowest BCUT2D eigenvalue weighted by molar-refractivity contribution is -0.0373. The molecule has 0 saturated carbocycles. The third kappa shape index (κ3) is 5.70. The molecule has 2 aromatic rings. The number of benzene rings is 2. The summed E-state index contributed by atoms with van der Waals surface area (Å²) in [5, 5.41) is 20.6. The molecule has 6 nitrogen and oxygen atoms in total. The summed E-state index contributed by atoms with van der Waals surface area (Å²) >= 11 is 0. The number of halogens is 2. The highest BCUT2D eigenvalue weighted by Gasteiger charge is 2.46. The fourth-order valence-electron chi connectivity index (χ4n) is 4.59. The minimum Gasteiger partial charge on any atom is -0.394 e. The van der Waals surface area contributed by atoms with Crippen molar-refractivity contribution in [2.45, 2.75) is 37.4 Å². The lowest BCUT2D eigenvalue weighted by Gasteiger charge is -2.37. The number of hydrogen-bond donors (Lipinski definition) is 2. The topological polar surface area (TPSA) is 65.4 Å². The predicted octanol–water partition coefficient (Wildman–Crippen LogP) is 1.79. The van der Waals surface area contributed by atoms with Gasteiger partial charge in [0.15, 0.2) is 0 Å². The number of morpholine rings is 1. The van der Waals surface area contributed by atoms with E-state index in [-0.39, 0.29) is 30.4 Å². The van der Waals surface area contributed by atoms with Crippen LogP contribution in [-0.4, -0.2) is 83.8 Å². The number of ether oxygens (including phenoxy) is 2. The van der Waals surface area contributed by atoms with E-state index in [9.17, 15) is 19.0 Å². The number of hydrogen-bond acceptors (Lipinski definition) is 6. The number of aliphatic hydroxyl groups excluding tert-OH is 2. The molecule has 32 heavy (non-hydrogen) atoms. The first-order chi connectivity index (χ1) is 15.5. The fourth-order valence-corrected chi connectivity index (χ4v) is 4.59. The Morgan fingerprint density at radius 2 is 1.41 bits per heavy atom. The summed E-state index contributed by atoms with van der Waals surface area (Å²) in [4.78, 5) is 4.31. The highest BCUT2D eigenvalue weighted by atomic mass is 19.1. The molecule has 0 spiro atoms. The van der Waals surface area contributed by atoms with Crippen LogP contribution in [0.5, 0.6) is 0 Å². The smallest absolute Gasteiger partial charge is 0.123 e. The molecule has 0 bridgehead atoms. The molecule has 2 saturated heterocycles. The van der Waals surface area contributed by atoms with E-state index in [2.05, 4.69) is 9.80 Å². The Morgan fingerprint density at radius 1 is 0.875 bits per heavy atom. The summed E-state index contributed by atoms with van der Waals surface area (Å²) in [6, 6.07) is 12.4. The van der Waals surface area contributed by atoms with Crippen LogP contribution in [0.15, 0.2) is 48.5 Å². The van der Waals surface area contributed by atoms with Gasteiger partial charge in [-0.15, -0.1) is 0 Å². The van der Waals surface area contributed by atoms with Gasteiger partial charge in [0.2, 0.25) is 0 Å². The maximum Gasteiger partial charge on any atom is 0.123 e. The largest absolute Gasteiger partial charge is 0.394 e. The zero-order valence-corrected chi connectivity index (χ0v) is 17.9. The van der Waals surface area contributed by atoms with Crippen molar-refractivity contribution in [1.29, 1.82) is 0 Å². The Morgan fingerprint density at radius 3 is 1.91 bits per heavy atom. The molecule has 174 valence electrons. The molecule has 4 atom stereocenters. The van der Waals surface area contributed by atoms with Crippen molar-refractivity contribution < 1.29 is 28.5 Å². The summed E-state index contributed by atoms with van der Waals surface area (Å²) in [5.74, 6) is -0.585. The van der Waals surface area contributed by atoms with E-state index in [1.807, 2.05) is 0 Å². The lowest BCUT2D eigenvalue weighted by Crippen LogP contribution is -2.54. The molecule has 2 aromatic carbocycles. The van der Waals surface area contributed by atoms with Crippen molar-refractivity contribution in [1.82, 2.24) is 9.80 Å². The van der Waals surface area contributed by atoms with Crippen molar-refractivity contribution >= 4 is 0 Å². The van der Waals surface area contributed by atoms with Gasteiger partial charge in [-0.2, -0.15) is 0 Å². The number of aliphatic hydroxyl groups is 2. The highest BCUT2D eigenvalue weighted by molar-refractivity contribution is 5.18. The van der Waals surface area contributed by atoms with E-state index >= 15 is 0 Å². The molecule has 0 aromatic heterocycles. The fraction of sp³-hybridized carbons (Fsp3) is 0.500. The van der Waals surface area contributed by atoms with Gasteiger partial charge < -0.3 is 19.7 Å². The van der Waals surface area contributed by atoms with E-state index < -0.39 is 12.2 Å². The summed E-state index contributed by atoms with van der Waals surface area (Å²) < 4.78 is 38.3. The van der Waals surface area contributed by atoms with Gasteiger partial charge in [0.25, 0.3) is 0 Å². The van der Waals surface area contributed by atoms with Gasteiger partial charge in [-0.25, -0.2) is 8.78 Å². The molecule has 2 aliphatic heterocycles. The molecule has 4 rings (SSSR count). The van der Waals surface area contributed by atoms with Crippen LogP contribution in [0.2, 0.25) is 0 Å². The Labute approximate surface area is 187 Å². The summed E-state index contributed by atoms with van der Waals surface area (Å²) in [6.45, 7) is 3.87. The minimum atomic E-state index is -0.804. The van der Waals surface area contributed by atoms with Gasteiger partial charge in [0, 0.05) is 32.7 Å². The van der Waals surface area contributed by atoms with Crippen LogP contribution >= 0.6 is 0 Å². The first-order valence-electron chi connectivity index (χ1n) is 11.0. The number of rotatable bonds is 8. The molecular formula is C24H30F2N2O4. The average Bonchev–Trinajstić information content (AvgIpc) is 3.12.